The molecule has 1 atom stereocenters. The standard InChI is InChI=1S/C23H27N2O7/c1-23(2,3)32-22(27)24-12-11-15-13-17(9-10-18(15)20(24)21(26)30-4)31-14-16-7-5-6-8-19(16)25(28)29/h5-10,13,20H,11-12,14H2,1-4H3,(H,28,29)/q+1/t20-/m1/s1. The van der Waals surface area contributed by atoms with Crippen LogP contribution in [0.4, 0.5) is 10.5 Å². The molecule has 1 heterocycles. The number of rotatable bonds is 5. The number of esters is 1. The van der Waals surface area contributed by atoms with E-state index in [2.05, 4.69) is 0 Å². The van der Waals surface area contributed by atoms with Crippen molar-refractivity contribution in [3.8, 4) is 5.75 Å². The molecule has 2 aromatic rings. The van der Waals surface area contributed by atoms with Crippen molar-refractivity contribution in [2.75, 3.05) is 13.7 Å². The van der Waals surface area contributed by atoms with E-state index in [1.807, 2.05) is 0 Å². The molecule has 32 heavy (non-hydrogen) atoms. The van der Waals surface area contributed by atoms with Gasteiger partial charge in [0.05, 0.1) is 17.6 Å². The third-order valence-electron chi connectivity index (χ3n) is 4.99. The Kier molecular flexibility index (Phi) is 6.67. The number of methoxy groups -OCH3 is 1. The summed E-state index contributed by atoms with van der Waals surface area (Å²) in [5.74, 6) is -0.0267. The minimum Gasteiger partial charge on any atom is -0.489 e. The summed E-state index contributed by atoms with van der Waals surface area (Å²) < 4.78 is 16.2. The normalized spacial score (nSPS) is 15.5. The molecule has 0 unspecified atom stereocenters. The zero-order valence-corrected chi connectivity index (χ0v) is 18.5. The van der Waals surface area contributed by atoms with Crippen LogP contribution in [0.2, 0.25) is 0 Å². The average Bonchev–Trinajstić information content (AvgIpc) is 2.75. The molecule has 170 valence electrons. The Labute approximate surface area is 186 Å². The lowest BCUT2D eigenvalue weighted by molar-refractivity contribution is -0.730. The Morgan fingerprint density at radius 2 is 1.91 bits per heavy atom. The van der Waals surface area contributed by atoms with Crippen LogP contribution in [0.15, 0.2) is 42.5 Å². The molecule has 1 N–H and O–H groups in total. The number of nitrogens with zero attached hydrogens (tertiary/aromatic N) is 2. The van der Waals surface area contributed by atoms with E-state index < -0.39 is 23.7 Å². The Balaban J connectivity index is 1.83. The van der Waals surface area contributed by atoms with E-state index in [1.165, 1.54) is 18.1 Å². The summed E-state index contributed by atoms with van der Waals surface area (Å²) in [5.41, 5.74) is 1.41. The summed E-state index contributed by atoms with van der Waals surface area (Å²) in [6.07, 6.45) is -0.0810. The molecule has 0 saturated heterocycles. The van der Waals surface area contributed by atoms with Crippen molar-refractivity contribution >= 4 is 17.7 Å². The molecule has 0 saturated carbocycles. The summed E-state index contributed by atoms with van der Waals surface area (Å²) in [6.45, 7) is 5.64. The van der Waals surface area contributed by atoms with E-state index in [0.717, 1.165) is 5.56 Å². The first-order valence-electron chi connectivity index (χ1n) is 10.2. The van der Waals surface area contributed by atoms with Gasteiger partial charge in [-0.25, -0.2) is 14.8 Å². The monoisotopic (exact) mass is 443 g/mol. The van der Waals surface area contributed by atoms with Gasteiger partial charge in [-0.15, -0.1) is 0 Å². The summed E-state index contributed by atoms with van der Waals surface area (Å²) >= 11 is 0. The molecule has 1 aliphatic rings. The molecule has 0 bridgehead atoms. The van der Waals surface area contributed by atoms with E-state index in [9.17, 15) is 19.7 Å². The maximum Gasteiger partial charge on any atom is 0.411 e. The van der Waals surface area contributed by atoms with Gasteiger partial charge < -0.3 is 14.2 Å². The van der Waals surface area contributed by atoms with Gasteiger partial charge in [-0.1, -0.05) is 18.2 Å². The van der Waals surface area contributed by atoms with E-state index >= 15 is 0 Å². The molecule has 0 radical (unpaired) electrons. The molecule has 9 nitrogen and oxygen atoms in total. The number of carbonyl (C=O) groups is 2. The average molecular weight is 443 g/mol. The Morgan fingerprint density at radius 3 is 2.56 bits per heavy atom. The van der Waals surface area contributed by atoms with Gasteiger partial charge in [-0.3, -0.25) is 4.90 Å². The predicted octanol–water partition coefficient (Wildman–Crippen LogP) is 4.07. The quantitative estimate of drug-likeness (QED) is 0.548. The van der Waals surface area contributed by atoms with Crippen LogP contribution < -0.4 is 4.74 Å². The smallest absolute Gasteiger partial charge is 0.411 e. The van der Waals surface area contributed by atoms with Gasteiger partial charge in [0, 0.05) is 12.6 Å². The van der Waals surface area contributed by atoms with Crippen LogP contribution in [-0.2, 0) is 27.3 Å². The van der Waals surface area contributed by atoms with Crippen LogP contribution in [0.25, 0.3) is 0 Å². The predicted molar refractivity (Wildman–Crippen MR) is 114 cm³/mol. The third kappa shape index (κ3) is 5.16. The van der Waals surface area contributed by atoms with E-state index in [-0.39, 0.29) is 23.8 Å². The second-order valence-corrected chi connectivity index (χ2v) is 8.40. The zero-order valence-electron chi connectivity index (χ0n) is 18.5. The first-order valence-corrected chi connectivity index (χ1v) is 10.2. The molecular weight excluding hydrogens is 416 g/mol. The molecule has 3 rings (SSSR count). The largest absolute Gasteiger partial charge is 0.489 e. The summed E-state index contributed by atoms with van der Waals surface area (Å²) in [5, 5.41) is 9.24. The highest BCUT2D eigenvalue weighted by molar-refractivity contribution is 5.84. The Morgan fingerprint density at radius 1 is 1.19 bits per heavy atom. The number of hydrogen-bond donors (Lipinski definition) is 1. The second kappa shape index (κ2) is 9.25. The van der Waals surface area contributed by atoms with Crippen LogP contribution in [0, 0.1) is 4.91 Å². The first kappa shape index (κ1) is 23.1. The SMILES string of the molecule is COC(=O)[C@H]1c2ccc(OCc3ccccc3[N+](=O)O)cc2CCN1C(=O)OC(C)(C)C. The molecule has 9 heteroatoms. The number of fused-ring (bicyclic) bond motifs is 1. The topological polar surface area (TPSA) is 105 Å². The maximum absolute atomic E-state index is 12.7. The maximum atomic E-state index is 12.7. The van der Waals surface area contributed by atoms with Gasteiger partial charge in [0.2, 0.25) is 0 Å². The highest BCUT2D eigenvalue weighted by Crippen LogP contribution is 2.34. The molecule has 2 aromatic carbocycles. The highest BCUT2D eigenvalue weighted by Gasteiger charge is 2.39. The van der Waals surface area contributed by atoms with Crippen LogP contribution in [0.1, 0.15) is 43.5 Å². The van der Waals surface area contributed by atoms with Gasteiger partial charge >= 0.3 is 17.7 Å². The number of ether oxygens (including phenoxy) is 3. The minimum absolute atomic E-state index is 0.0682. The molecule has 0 aromatic heterocycles. The molecule has 1 aliphatic heterocycles. The van der Waals surface area contributed by atoms with Crippen molar-refractivity contribution in [3.05, 3.63) is 64.1 Å². The van der Waals surface area contributed by atoms with E-state index in [0.29, 0.717) is 23.3 Å². The van der Waals surface area contributed by atoms with Crippen molar-refractivity contribution in [1.82, 2.24) is 4.90 Å². The number of carbonyl (C=O) groups excluding carboxylic acids is 2. The third-order valence-corrected chi connectivity index (χ3v) is 4.99. The highest BCUT2D eigenvalue weighted by atomic mass is 16.6. The van der Waals surface area contributed by atoms with E-state index in [1.54, 1.807) is 57.2 Å². The zero-order chi connectivity index (χ0) is 23.5. The van der Waals surface area contributed by atoms with Gasteiger partial charge in [0.15, 0.2) is 6.04 Å². The Bertz CT molecular complexity index is 1030. The van der Waals surface area contributed by atoms with Crippen molar-refractivity contribution in [2.45, 2.75) is 45.4 Å². The fraction of sp³-hybridized carbons (Fsp3) is 0.391. The van der Waals surface area contributed by atoms with Crippen LogP contribution in [0.5, 0.6) is 5.75 Å². The van der Waals surface area contributed by atoms with Crippen LogP contribution in [0.3, 0.4) is 0 Å². The van der Waals surface area contributed by atoms with E-state index in [4.69, 9.17) is 14.2 Å². The molecular formula is C23H27N2O7+. The number of para-hydroxylation sites is 1. The van der Waals surface area contributed by atoms with Gasteiger partial charge in [0.25, 0.3) is 4.92 Å². The number of hydrogen-bond acceptors (Lipinski definition) is 6. The lowest BCUT2D eigenvalue weighted by Crippen LogP contribution is -2.46. The fourth-order valence-electron chi connectivity index (χ4n) is 3.56. The van der Waals surface area contributed by atoms with Gasteiger partial charge in [0.1, 0.15) is 18.0 Å². The number of amides is 1. The van der Waals surface area contributed by atoms with Crippen molar-refractivity contribution < 1.29 is 33.9 Å². The molecule has 0 aliphatic carbocycles. The van der Waals surface area contributed by atoms with Crippen molar-refractivity contribution in [3.63, 3.8) is 0 Å². The van der Waals surface area contributed by atoms with Crippen molar-refractivity contribution in [1.29, 1.82) is 0 Å². The number of benzene rings is 2. The van der Waals surface area contributed by atoms with Gasteiger partial charge in [-0.2, -0.15) is 0 Å². The van der Waals surface area contributed by atoms with Crippen LogP contribution in [-0.4, -0.2) is 46.3 Å². The summed E-state index contributed by atoms with van der Waals surface area (Å²) in [4.78, 5) is 37.7. The molecule has 0 spiro atoms. The summed E-state index contributed by atoms with van der Waals surface area (Å²) in [6, 6.07) is 10.8. The lowest BCUT2D eigenvalue weighted by Gasteiger charge is -2.36. The van der Waals surface area contributed by atoms with Crippen molar-refractivity contribution in [2.24, 2.45) is 0 Å². The molecule has 1 amide bonds. The first-order chi connectivity index (χ1) is 15.1. The minimum atomic E-state index is -0.920. The molecule has 0 fully saturated rings. The Hall–Kier alpha value is -3.62. The van der Waals surface area contributed by atoms with Crippen LogP contribution >= 0.6 is 0 Å². The fourth-order valence-corrected chi connectivity index (χ4v) is 3.56. The van der Waals surface area contributed by atoms with Gasteiger partial charge in [-0.05, 0) is 56.5 Å². The lowest BCUT2D eigenvalue weighted by atomic mass is 9.92. The summed E-state index contributed by atoms with van der Waals surface area (Å²) in [7, 11) is 1.28. The second-order valence-electron chi connectivity index (χ2n) is 8.40.